The highest BCUT2D eigenvalue weighted by Gasteiger charge is 2.18. The molecule has 4 heteroatoms. The molecule has 0 heterocycles. The number of aliphatic hydroxyl groups excluding tert-OH is 1. The van der Waals surface area contributed by atoms with Crippen LogP contribution in [0.1, 0.15) is 41.0 Å². The molecular weight excluding hydrogens is 194 g/mol. The number of hydrogen-bond acceptors (Lipinski definition) is 4. The van der Waals surface area contributed by atoms with Crippen molar-refractivity contribution >= 4 is 5.97 Å². The molecule has 0 amide bonds. The smallest absolute Gasteiger partial charge is 0.307 e. The Balaban J connectivity index is 3.77. The second kappa shape index (κ2) is 6.08. The van der Waals surface area contributed by atoms with E-state index in [2.05, 4.69) is 5.32 Å². The molecule has 4 nitrogen and oxygen atoms in total. The molecule has 0 spiro atoms. The van der Waals surface area contributed by atoms with Crippen LogP contribution in [0.3, 0.4) is 0 Å². The summed E-state index contributed by atoms with van der Waals surface area (Å²) in [6.45, 7) is 9.62. The number of nitrogens with one attached hydrogen (secondary N) is 1. The Bertz CT molecular complexity index is 196. The van der Waals surface area contributed by atoms with E-state index < -0.39 is 11.7 Å². The Morgan fingerprint density at radius 1 is 1.40 bits per heavy atom. The van der Waals surface area contributed by atoms with Gasteiger partial charge in [0.1, 0.15) is 5.60 Å². The van der Waals surface area contributed by atoms with Crippen LogP contribution in [0, 0.1) is 0 Å². The van der Waals surface area contributed by atoms with Crippen molar-refractivity contribution in [1.29, 1.82) is 0 Å². The minimum Gasteiger partial charge on any atom is -0.460 e. The number of hydrogen-bond donors (Lipinski definition) is 2. The molecule has 2 atom stereocenters. The lowest BCUT2D eigenvalue weighted by molar-refractivity contribution is -0.155. The van der Waals surface area contributed by atoms with Crippen molar-refractivity contribution in [2.24, 2.45) is 0 Å². The van der Waals surface area contributed by atoms with Gasteiger partial charge in [0, 0.05) is 12.6 Å². The van der Waals surface area contributed by atoms with Gasteiger partial charge in [-0.1, -0.05) is 0 Å². The fourth-order valence-corrected chi connectivity index (χ4v) is 1.08. The van der Waals surface area contributed by atoms with Crippen LogP contribution in [0.25, 0.3) is 0 Å². The summed E-state index contributed by atoms with van der Waals surface area (Å²) in [5, 5.41) is 12.1. The number of aliphatic hydroxyl groups is 1. The minimum atomic E-state index is -0.429. The second-order valence-corrected chi connectivity index (χ2v) is 4.95. The highest BCUT2D eigenvalue weighted by Crippen LogP contribution is 2.09. The van der Waals surface area contributed by atoms with Gasteiger partial charge in [-0.05, 0) is 34.6 Å². The first-order valence-corrected chi connectivity index (χ1v) is 5.34. The number of carbonyl (C=O) groups is 1. The van der Waals surface area contributed by atoms with Crippen molar-refractivity contribution < 1.29 is 14.6 Å². The van der Waals surface area contributed by atoms with E-state index in [-0.39, 0.29) is 12.0 Å². The van der Waals surface area contributed by atoms with E-state index in [1.165, 1.54) is 0 Å². The number of carbonyl (C=O) groups excluding carboxylic acids is 1. The summed E-state index contributed by atoms with van der Waals surface area (Å²) in [5.41, 5.74) is -0.429. The van der Waals surface area contributed by atoms with Crippen LogP contribution in [-0.2, 0) is 9.53 Å². The van der Waals surface area contributed by atoms with Crippen molar-refractivity contribution in [2.45, 2.75) is 58.8 Å². The summed E-state index contributed by atoms with van der Waals surface area (Å²) in [7, 11) is 0. The summed E-state index contributed by atoms with van der Waals surface area (Å²) in [6, 6.07) is 0.0226. The molecule has 15 heavy (non-hydrogen) atoms. The highest BCUT2D eigenvalue weighted by molar-refractivity contribution is 5.70. The Hall–Kier alpha value is -0.610. The van der Waals surface area contributed by atoms with Crippen LogP contribution in [0.5, 0.6) is 0 Å². The average molecular weight is 217 g/mol. The molecule has 90 valence electrons. The van der Waals surface area contributed by atoms with Gasteiger partial charge in [-0.15, -0.1) is 0 Å². The Kier molecular flexibility index (Phi) is 5.83. The van der Waals surface area contributed by atoms with Gasteiger partial charge in [0.05, 0.1) is 12.5 Å². The Labute approximate surface area is 92.0 Å². The highest BCUT2D eigenvalue weighted by atomic mass is 16.6. The SMILES string of the molecule is CC(O)CNC(C)CC(=O)OC(C)(C)C. The summed E-state index contributed by atoms with van der Waals surface area (Å²) in [4.78, 5) is 11.4. The Morgan fingerprint density at radius 3 is 2.33 bits per heavy atom. The first-order chi connectivity index (χ1) is 6.70. The monoisotopic (exact) mass is 217 g/mol. The average Bonchev–Trinajstić information content (AvgIpc) is 1.96. The van der Waals surface area contributed by atoms with E-state index >= 15 is 0 Å². The van der Waals surface area contributed by atoms with Crippen molar-refractivity contribution in [3.63, 3.8) is 0 Å². The van der Waals surface area contributed by atoms with E-state index in [1.54, 1.807) is 6.92 Å². The molecule has 0 rings (SSSR count). The fraction of sp³-hybridized carbons (Fsp3) is 0.909. The van der Waals surface area contributed by atoms with Gasteiger partial charge in [0.2, 0.25) is 0 Å². The molecule has 0 aliphatic carbocycles. The molecule has 0 aromatic carbocycles. The maximum absolute atomic E-state index is 11.4. The number of rotatable bonds is 5. The maximum Gasteiger partial charge on any atom is 0.307 e. The predicted octanol–water partition coefficient (Wildman–Crippen LogP) is 1.08. The Morgan fingerprint density at radius 2 is 1.93 bits per heavy atom. The third-order valence-electron chi connectivity index (χ3n) is 1.65. The van der Waals surface area contributed by atoms with Gasteiger partial charge in [0.15, 0.2) is 0 Å². The third-order valence-corrected chi connectivity index (χ3v) is 1.65. The molecule has 0 fully saturated rings. The second-order valence-electron chi connectivity index (χ2n) is 4.95. The lowest BCUT2D eigenvalue weighted by Gasteiger charge is -2.21. The fourth-order valence-electron chi connectivity index (χ4n) is 1.08. The van der Waals surface area contributed by atoms with Crippen LogP contribution in [0.4, 0.5) is 0 Å². The molecule has 0 aromatic heterocycles. The van der Waals surface area contributed by atoms with Crippen molar-refractivity contribution in [2.75, 3.05) is 6.54 Å². The van der Waals surface area contributed by atoms with E-state index in [0.717, 1.165) is 0 Å². The molecule has 0 saturated heterocycles. The summed E-state index contributed by atoms with van der Waals surface area (Å²) in [6.07, 6.45) is -0.0737. The van der Waals surface area contributed by atoms with E-state index in [0.29, 0.717) is 13.0 Å². The maximum atomic E-state index is 11.4. The van der Waals surface area contributed by atoms with Crippen molar-refractivity contribution in [3.05, 3.63) is 0 Å². The normalized spacial score (nSPS) is 15.9. The number of ether oxygens (including phenoxy) is 1. The van der Waals surface area contributed by atoms with Gasteiger partial charge < -0.3 is 15.2 Å². The molecule has 0 saturated carbocycles. The van der Waals surface area contributed by atoms with Crippen molar-refractivity contribution in [3.8, 4) is 0 Å². The molecule has 0 radical (unpaired) electrons. The quantitative estimate of drug-likeness (QED) is 0.676. The number of esters is 1. The lowest BCUT2D eigenvalue weighted by Crippen LogP contribution is -2.35. The van der Waals surface area contributed by atoms with Crippen LogP contribution < -0.4 is 5.32 Å². The molecular formula is C11H23NO3. The zero-order chi connectivity index (χ0) is 12.1. The van der Waals surface area contributed by atoms with E-state index in [4.69, 9.17) is 9.84 Å². The lowest BCUT2D eigenvalue weighted by atomic mass is 10.2. The first kappa shape index (κ1) is 14.4. The first-order valence-electron chi connectivity index (χ1n) is 5.34. The molecule has 0 aliphatic heterocycles. The summed E-state index contributed by atoms with van der Waals surface area (Å²) in [5.74, 6) is -0.215. The topological polar surface area (TPSA) is 58.6 Å². The minimum absolute atomic E-state index is 0.0226. The largest absolute Gasteiger partial charge is 0.460 e. The zero-order valence-electron chi connectivity index (χ0n) is 10.3. The van der Waals surface area contributed by atoms with Gasteiger partial charge >= 0.3 is 5.97 Å². The van der Waals surface area contributed by atoms with Crippen LogP contribution in [0.15, 0.2) is 0 Å². The van der Waals surface area contributed by atoms with Gasteiger partial charge in [-0.3, -0.25) is 4.79 Å². The molecule has 0 aromatic rings. The van der Waals surface area contributed by atoms with Crippen LogP contribution in [0.2, 0.25) is 0 Å². The molecule has 0 bridgehead atoms. The van der Waals surface area contributed by atoms with E-state index in [1.807, 2.05) is 27.7 Å². The third kappa shape index (κ3) is 9.69. The van der Waals surface area contributed by atoms with Gasteiger partial charge in [0.25, 0.3) is 0 Å². The molecule has 2 N–H and O–H groups in total. The van der Waals surface area contributed by atoms with Crippen LogP contribution >= 0.6 is 0 Å². The van der Waals surface area contributed by atoms with Crippen LogP contribution in [-0.4, -0.2) is 35.4 Å². The summed E-state index contributed by atoms with van der Waals surface area (Å²) >= 11 is 0. The van der Waals surface area contributed by atoms with Crippen molar-refractivity contribution in [1.82, 2.24) is 5.32 Å². The van der Waals surface area contributed by atoms with Gasteiger partial charge in [-0.25, -0.2) is 0 Å². The standard InChI is InChI=1S/C11H23NO3/c1-8(12-7-9(2)13)6-10(14)15-11(3,4)5/h8-9,12-13H,6-7H2,1-5H3. The molecule has 2 unspecified atom stereocenters. The zero-order valence-corrected chi connectivity index (χ0v) is 10.3. The predicted molar refractivity (Wildman–Crippen MR) is 59.6 cm³/mol. The van der Waals surface area contributed by atoms with E-state index in [9.17, 15) is 4.79 Å². The molecule has 0 aliphatic rings. The summed E-state index contributed by atoms with van der Waals surface area (Å²) < 4.78 is 5.17. The van der Waals surface area contributed by atoms with Gasteiger partial charge in [-0.2, -0.15) is 0 Å².